The number of ether oxygens (including phenoxy) is 1. The van der Waals surface area contributed by atoms with Crippen molar-refractivity contribution in [3.8, 4) is 0 Å². The highest BCUT2D eigenvalue weighted by Crippen LogP contribution is 2.31. The van der Waals surface area contributed by atoms with Gasteiger partial charge in [-0.1, -0.05) is 0 Å². The van der Waals surface area contributed by atoms with Crippen LogP contribution in [-0.4, -0.2) is 55.1 Å². The molecular weight excluding hydrogens is 262 g/mol. The van der Waals surface area contributed by atoms with Crippen molar-refractivity contribution in [2.24, 2.45) is 0 Å². The van der Waals surface area contributed by atoms with Gasteiger partial charge in [0.15, 0.2) is 17.0 Å². The fourth-order valence-corrected chi connectivity index (χ4v) is 2.41. The zero-order chi connectivity index (χ0) is 14.1. The molecule has 1 fully saturated rings. The van der Waals surface area contributed by atoms with Crippen LogP contribution in [0.2, 0.25) is 0 Å². The van der Waals surface area contributed by atoms with Gasteiger partial charge in [0, 0.05) is 13.0 Å². The molecule has 2 aromatic rings. The summed E-state index contributed by atoms with van der Waals surface area (Å²) in [7, 11) is 0. The van der Waals surface area contributed by atoms with Gasteiger partial charge in [-0.05, 0) is 6.92 Å². The van der Waals surface area contributed by atoms with Crippen molar-refractivity contribution in [1.29, 1.82) is 0 Å². The van der Waals surface area contributed by atoms with Crippen molar-refractivity contribution in [3.63, 3.8) is 0 Å². The SMILES string of the molecule is CCNc1ncnc2c1ncn2[C@H]1CC(O)[C@@H](CO)O1. The smallest absolute Gasteiger partial charge is 0.167 e. The minimum atomic E-state index is -0.683. The van der Waals surface area contributed by atoms with Crippen LogP contribution in [0.4, 0.5) is 5.82 Å². The van der Waals surface area contributed by atoms with Gasteiger partial charge in [0.2, 0.25) is 0 Å². The minimum Gasteiger partial charge on any atom is -0.394 e. The number of aliphatic hydroxyl groups is 2. The van der Waals surface area contributed by atoms with Crippen LogP contribution in [0.3, 0.4) is 0 Å². The molecule has 1 unspecified atom stereocenters. The van der Waals surface area contributed by atoms with E-state index in [0.717, 1.165) is 6.54 Å². The maximum atomic E-state index is 9.81. The van der Waals surface area contributed by atoms with Crippen LogP contribution in [0.15, 0.2) is 12.7 Å². The first-order valence-corrected chi connectivity index (χ1v) is 6.60. The van der Waals surface area contributed by atoms with Crippen LogP contribution in [0.25, 0.3) is 11.2 Å². The molecule has 0 spiro atoms. The summed E-state index contributed by atoms with van der Waals surface area (Å²) in [6.45, 7) is 2.51. The molecule has 8 nitrogen and oxygen atoms in total. The summed E-state index contributed by atoms with van der Waals surface area (Å²) in [5, 5.41) is 22.1. The van der Waals surface area contributed by atoms with Gasteiger partial charge in [-0.25, -0.2) is 15.0 Å². The monoisotopic (exact) mass is 279 g/mol. The number of hydrogen-bond donors (Lipinski definition) is 3. The first-order valence-electron chi connectivity index (χ1n) is 6.60. The predicted molar refractivity (Wildman–Crippen MR) is 71.1 cm³/mol. The number of rotatable bonds is 4. The number of aliphatic hydroxyl groups excluding tert-OH is 2. The molecule has 0 saturated carbocycles. The molecule has 0 aromatic carbocycles. The molecule has 3 N–H and O–H groups in total. The van der Waals surface area contributed by atoms with Gasteiger partial charge >= 0.3 is 0 Å². The molecular formula is C12H17N5O3. The van der Waals surface area contributed by atoms with Crippen molar-refractivity contribution in [1.82, 2.24) is 19.5 Å². The Bertz CT molecular complexity index is 602. The highest BCUT2D eigenvalue weighted by Gasteiger charge is 2.35. The van der Waals surface area contributed by atoms with Gasteiger partial charge in [-0.2, -0.15) is 0 Å². The number of nitrogens with one attached hydrogen (secondary N) is 1. The van der Waals surface area contributed by atoms with E-state index in [1.165, 1.54) is 6.33 Å². The van der Waals surface area contributed by atoms with Crippen LogP contribution >= 0.6 is 0 Å². The summed E-state index contributed by atoms with van der Waals surface area (Å²) >= 11 is 0. The number of imidazole rings is 1. The lowest BCUT2D eigenvalue weighted by Crippen LogP contribution is -2.24. The molecule has 0 radical (unpaired) electrons. The standard InChI is InChI=1S/C12H17N5O3/c1-2-13-11-10-12(15-5-14-11)17(6-16-10)9-3-7(19)8(4-18)20-9/h5-9,18-19H,2-4H2,1H3,(H,13,14,15)/t7?,8-,9-/m1/s1. The van der Waals surface area contributed by atoms with E-state index in [2.05, 4.69) is 20.3 Å². The molecule has 0 bridgehead atoms. The highest BCUT2D eigenvalue weighted by atomic mass is 16.5. The van der Waals surface area contributed by atoms with Crippen LogP contribution in [0, 0.1) is 0 Å². The Kier molecular flexibility index (Phi) is 3.51. The number of fused-ring (bicyclic) bond motifs is 1. The van der Waals surface area contributed by atoms with Crippen molar-refractivity contribution >= 4 is 17.0 Å². The van der Waals surface area contributed by atoms with Crippen LogP contribution in [0.1, 0.15) is 19.6 Å². The van der Waals surface area contributed by atoms with Gasteiger partial charge < -0.3 is 20.3 Å². The molecule has 3 atom stereocenters. The van der Waals surface area contributed by atoms with E-state index in [-0.39, 0.29) is 12.8 Å². The van der Waals surface area contributed by atoms with Gasteiger partial charge in [-0.15, -0.1) is 0 Å². The van der Waals surface area contributed by atoms with E-state index < -0.39 is 12.2 Å². The third-order valence-corrected chi connectivity index (χ3v) is 3.40. The third-order valence-electron chi connectivity index (χ3n) is 3.40. The van der Waals surface area contributed by atoms with Crippen LogP contribution in [-0.2, 0) is 4.74 Å². The largest absolute Gasteiger partial charge is 0.394 e. The second-order valence-electron chi connectivity index (χ2n) is 4.69. The summed E-state index contributed by atoms with van der Waals surface area (Å²) in [5.74, 6) is 0.675. The van der Waals surface area contributed by atoms with Crippen LogP contribution in [0.5, 0.6) is 0 Å². The van der Waals surface area contributed by atoms with Gasteiger partial charge in [0.1, 0.15) is 18.7 Å². The Balaban J connectivity index is 1.95. The Hall–Kier alpha value is -1.77. The molecule has 1 aliphatic heterocycles. The maximum Gasteiger partial charge on any atom is 0.167 e. The first kappa shape index (κ1) is 13.2. The zero-order valence-electron chi connectivity index (χ0n) is 11.1. The van der Waals surface area contributed by atoms with E-state index in [0.29, 0.717) is 23.4 Å². The maximum absolute atomic E-state index is 9.81. The van der Waals surface area contributed by atoms with E-state index >= 15 is 0 Å². The Morgan fingerprint density at radius 1 is 1.45 bits per heavy atom. The Morgan fingerprint density at radius 2 is 2.30 bits per heavy atom. The third kappa shape index (κ3) is 2.11. The molecule has 1 saturated heterocycles. The van der Waals surface area contributed by atoms with Crippen LogP contribution < -0.4 is 5.32 Å². The fourth-order valence-electron chi connectivity index (χ4n) is 2.41. The predicted octanol–water partition coefficient (Wildman–Crippen LogP) is -0.101. The van der Waals surface area contributed by atoms with Gasteiger partial charge in [-0.3, -0.25) is 4.57 Å². The van der Waals surface area contributed by atoms with E-state index in [1.54, 1.807) is 10.9 Å². The number of nitrogens with zero attached hydrogens (tertiary/aromatic N) is 4. The molecule has 108 valence electrons. The Labute approximate surface area is 115 Å². The zero-order valence-corrected chi connectivity index (χ0v) is 11.1. The molecule has 0 amide bonds. The topological polar surface area (TPSA) is 105 Å². The fraction of sp³-hybridized carbons (Fsp3) is 0.583. The lowest BCUT2D eigenvalue weighted by Gasteiger charge is -2.13. The average molecular weight is 279 g/mol. The van der Waals surface area contributed by atoms with Gasteiger partial charge in [0.05, 0.1) is 19.0 Å². The molecule has 0 aliphatic carbocycles. The van der Waals surface area contributed by atoms with Crippen molar-refractivity contribution in [3.05, 3.63) is 12.7 Å². The second kappa shape index (κ2) is 5.31. The number of anilines is 1. The molecule has 2 aromatic heterocycles. The first-order chi connectivity index (χ1) is 9.74. The van der Waals surface area contributed by atoms with Crippen molar-refractivity contribution in [2.45, 2.75) is 31.8 Å². The summed E-state index contributed by atoms with van der Waals surface area (Å²) in [6.07, 6.45) is 1.86. The average Bonchev–Trinajstić information content (AvgIpc) is 3.03. The summed E-state index contributed by atoms with van der Waals surface area (Å²) in [4.78, 5) is 12.7. The highest BCUT2D eigenvalue weighted by molar-refractivity contribution is 5.82. The molecule has 1 aliphatic rings. The summed E-state index contributed by atoms with van der Waals surface area (Å²) in [5.41, 5.74) is 1.31. The molecule has 3 rings (SSSR count). The van der Waals surface area contributed by atoms with Crippen molar-refractivity contribution < 1.29 is 14.9 Å². The lowest BCUT2D eigenvalue weighted by atomic mass is 10.2. The lowest BCUT2D eigenvalue weighted by molar-refractivity contribution is -0.0432. The quantitative estimate of drug-likeness (QED) is 0.717. The summed E-state index contributed by atoms with van der Waals surface area (Å²) in [6, 6.07) is 0. The summed E-state index contributed by atoms with van der Waals surface area (Å²) < 4.78 is 7.38. The molecule has 20 heavy (non-hydrogen) atoms. The number of hydrogen-bond acceptors (Lipinski definition) is 7. The molecule has 8 heteroatoms. The number of aromatic nitrogens is 4. The minimum absolute atomic E-state index is 0.206. The van der Waals surface area contributed by atoms with Gasteiger partial charge in [0.25, 0.3) is 0 Å². The van der Waals surface area contributed by atoms with E-state index in [1.807, 2.05) is 6.92 Å². The normalized spacial score (nSPS) is 26.2. The van der Waals surface area contributed by atoms with Crippen molar-refractivity contribution in [2.75, 3.05) is 18.5 Å². The molecule has 3 heterocycles. The Morgan fingerprint density at radius 3 is 3.00 bits per heavy atom. The van der Waals surface area contributed by atoms with E-state index in [9.17, 15) is 5.11 Å². The van der Waals surface area contributed by atoms with E-state index in [4.69, 9.17) is 9.84 Å². The second-order valence-corrected chi connectivity index (χ2v) is 4.69.